The fourth-order valence-corrected chi connectivity index (χ4v) is 5.27. The number of sulfone groups is 1. The van der Waals surface area contributed by atoms with E-state index in [1.807, 2.05) is 36.4 Å². The first kappa shape index (κ1) is 21.8. The van der Waals surface area contributed by atoms with Gasteiger partial charge in [-0.15, -0.1) is 0 Å². The summed E-state index contributed by atoms with van der Waals surface area (Å²) < 4.78 is 28.2. The minimum Gasteiger partial charge on any atom is -0.337 e. The normalized spacial score (nSPS) is 11.5. The molecule has 0 spiro atoms. The maximum atomic E-state index is 13.2. The highest BCUT2D eigenvalue weighted by Gasteiger charge is 2.23. The molecular weight excluding hydrogens is 420 g/mol. The Balaban J connectivity index is 1.58. The smallest absolute Gasteiger partial charge is 0.244 e. The maximum Gasteiger partial charge on any atom is 0.244 e. The molecule has 6 heteroatoms. The third-order valence-corrected chi connectivity index (χ3v) is 7.26. The number of anilines is 1. The molecule has 32 heavy (non-hydrogen) atoms. The lowest BCUT2D eigenvalue weighted by Gasteiger charge is -2.08. The zero-order valence-electron chi connectivity index (χ0n) is 18.0. The molecule has 0 unspecified atom stereocenters. The van der Waals surface area contributed by atoms with Crippen LogP contribution >= 0.6 is 0 Å². The van der Waals surface area contributed by atoms with Crippen molar-refractivity contribution >= 4 is 32.3 Å². The lowest BCUT2D eigenvalue weighted by molar-refractivity contribution is -0.116. The van der Waals surface area contributed by atoms with Gasteiger partial charge in [-0.05, 0) is 48.7 Å². The molecule has 0 bridgehead atoms. The summed E-state index contributed by atoms with van der Waals surface area (Å²) in [6.45, 7) is 2.18. The zero-order valence-corrected chi connectivity index (χ0v) is 18.8. The van der Waals surface area contributed by atoms with Crippen LogP contribution in [0.3, 0.4) is 0 Å². The number of aryl methyl sites for hydroxylation is 1. The maximum absolute atomic E-state index is 13.2. The van der Waals surface area contributed by atoms with Gasteiger partial charge >= 0.3 is 0 Å². The number of unbranched alkanes of at least 4 members (excludes halogenated alkanes) is 1. The number of benzene rings is 3. The van der Waals surface area contributed by atoms with Crippen molar-refractivity contribution in [3.05, 3.63) is 90.6 Å². The first-order valence-corrected chi connectivity index (χ1v) is 12.2. The Bertz CT molecular complexity index is 1320. The van der Waals surface area contributed by atoms with Gasteiger partial charge in [-0.1, -0.05) is 61.9 Å². The molecule has 0 aliphatic heterocycles. The number of nitrogens with one attached hydrogen (secondary N) is 1. The summed E-state index contributed by atoms with van der Waals surface area (Å²) in [6.07, 6.45) is 4.87. The van der Waals surface area contributed by atoms with Gasteiger partial charge in [-0.25, -0.2) is 8.42 Å². The molecule has 1 amide bonds. The topological polar surface area (TPSA) is 68.2 Å². The van der Waals surface area contributed by atoms with Crippen LogP contribution in [0.1, 0.15) is 25.3 Å². The van der Waals surface area contributed by atoms with Gasteiger partial charge in [0.15, 0.2) is 0 Å². The molecule has 1 N–H and O–H groups in total. The highest BCUT2D eigenvalue weighted by Crippen LogP contribution is 2.30. The first-order valence-electron chi connectivity index (χ1n) is 10.8. The second-order valence-electron chi connectivity index (χ2n) is 7.80. The minimum absolute atomic E-state index is 0.0163. The van der Waals surface area contributed by atoms with Crippen molar-refractivity contribution in [2.24, 2.45) is 0 Å². The third kappa shape index (κ3) is 4.60. The van der Waals surface area contributed by atoms with E-state index >= 15 is 0 Å². The van der Waals surface area contributed by atoms with Crippen LogP contribution in [0.2, 0.25) is 0 Å². The van der Waals surface area contributed by atoms with Gasteiger partial charge in [0.1, 0.15) is 6.54 Å². The second kappa shape index (κ2) is 9.40. The molecule has 4 aromatic rings. The van der Waals surface area contributed by atoms with Gasteiger partial charge < -0.3 is 9.88 Å². The Morgan fingerprint density at radius 2 is 1.59 bits per heavy atom. The lowest BCUT2D eigenvalue weighted by Crippen LogP contribution is -2.18. The molecule has 0 radical (unpaired) electrons. The molecule has 0 aliphatic rings. The predicted octanol–water partition coefficient (Wildman–Crippen LogP) is 5.46. The van der Waals surface area contributed by atoms with E-state index in [1.165, 1.54) is 5.56 Å². The number of hydrogen-bond acceptors (Lipinski definition) is 3. The van der Waals surface area contributed by atoms with Crippen LogP contribution in [0.4, 0.5) is 5.69 Å². The summed E-state index contributed by atoms with van der Waals surface area (Å²) >= 11 is 0. The van der Waals surface area contributed by atoms with Crippen molar-refractivity contribution in [3.8, 4) is 0 Å². The van der Waals surface area contributed by atoms with E-state index in [9.17, 15) is 13.2 Å². The average molecular weight is 447 g/mol. The largest absolute Gasteiger partial charge is 0.337 e. The number of amides is 1. The summed E-state index contributed by atoms with van der Waals surface area (Å²) in [5, 5.41) is 3.51. The van der Waals surface area contributed by atoms with Crippen molar-refractivity contribution in [3.63, 3.8) is 0 Å². The number of carbonyl (C=O) groups is 1. The third-order valence-electron chi connectivity index (χ3n) is 5.47. The van der Waals surface area contributed by atoms with E-state index in [1.54, 1.807) is 53.2 Å². The zero-order chi connectivity index (χ0) is 22.6. The summed E-state index contributed by atoms with van der Waals surface area (Å²) in [7, 11) is -3.70. The fourth-order valence-electron chi connectivity index (χ4n) is 3.78. The Morgan fingerprint density at radius 1 is 0.906 bits per heavy atom. The fraction of sp³-hybridized carbons (Fsp3) is 0.192. The molecule has 5 nitrogen and oxygen atoms in total. The number of nitrogens with zero attached hydrogens (tertiary/aromatic N) is 1. The van der Waals surface area contributed by atoms with E-state index in [0.717, 1.165) is 24.9 Å². The van der Waals surface area contributed by atoms with Crippen LogP contribution in [0.5, 0.6) is 0 Å². The highest BCUT2D eigenvalue weighted by atomic mass is 32.2. The molecule has 1 aromatic heterocycles. The van der Waals surface area contributed by atoms with Crippen LogP contribution in [0, 0.1) is 0 Å². The standard InChI is InChI=1S/C26H26N2O3S/c1-2-3-9-20-14-16-21(17-15-20)27-26(29)19-28-18-25(23-12-7-8-13-24(23)28)32(30,31)22-10-5-4-6-11-22/h4-8,10-18H,2-3,9,19H2,1H3,(H,27,29). The van der Waals surface area contributed by atoms with Gasteiger partial charge in [0, 0.05) is 22.8 Å². The molecule has 0 aliphatic carbocycles. The van der Waals surface area contributed by atoms with Gasteiger partial charge in [-0.2, -0.15) is 0 Å². The van der Waals surface area contributed by atoms with E-state index < -0.39 is 9.84 Å². The van der Waals surface area contributed by atoms with E-state index in [-0.39, 0.29) is 22.2 Å². The Kier molecular flexibility index (Phi) is 6.42. The number of fused-ring (bicyclic) bond motifs is 1. The molecule has 3 aromatic carbocycles. The molecule has 164 valence electrons. The summed E-state index contributed by atoms with van der Waals surface area (Å²) in [5.41, 5.74) is 2.67. The number of rotatable bonds is 8. The van der Waals surface area contributed by atoms with Crippen LogP contribution in [0.15, 0.2) is 94.9 Å². The van der Waals surface area contributed by atoms with E-state index in [2.05, 4.69) is 12.2 Å². The van der Waals surface area contributed by atoms with Crippen LogP contribution in [-0.4, -0.2) is 18.9 Å². The molecule has 0 fully saturated rings. The molecular formula is C26H26N2O3S. The van der Waals surface area contributed by atoms with E-state index in [0.29, 0.717) is 10.9 Å². The van der Waals surface area contributed by atoms with Crippen LogP contribution < -0.4 is 5.32 Å². The number of aromatic nitrogens is 1. The van der Waals surface area contributed by atoms with Crippen molar-refractivity contribution in [1.82, 2.24) is 4.57 Å². The molecule has 1 heterocycles. The van der Waals surface area contributed by atoms with Crippen molar-refractivity contribution < 1.29 is 13.2 Å². The molecule has 0 atom stereocenters. The van der Waals surface area contributed by atoms with Gasteiger partial charge in [0.25, 0.3) is 0 Å². The van der Waals surface area contributed by atoms with Crippen LogP contribution in [0.25, 0.3) is 10.9 Å². The average Bonchev–Trinajstić information content (AvgIpc) is 3.18. The number of carbonyl (C=O) groups excluding carboxylic acids is 1. The summed E-state index contributed by atoms with van der Waals surface area (Å²) in [6, 6.07) is 23.5. The Hall–Kier alpha value is -3.38. The predicted molar refractivity (Wildman–Crippen MR) is 128 cm³/mol. The second-order valence-corrected chi connectivity index (χ2v) is 9.72. The Labute approximate surface area is 188 Å². The van der Waals surface area contributed by atoms with E-state index in [4.69, 9.17) is 0 Å². The minimum atomic E-state index is -3.70. The van der Waals surface area contributed by atoms with Crippen molar-refractivity contribution in [1.29, 1.82) is 0 Å². The number of para-hydroxylation sites is 1. The van der Waals surface area contributed by atoms with Gasteiger partial charge in [0.2, 0.25) is 15.7 Å². The highest BCUT2D eigenvalue weighted by molar-refractivity contribution is 7.91. The summed E-state index contributed by atoms with van der Waals surface area (Å²) in [4.78, 5) is 13.2. The SMILES string of the molecule is CCCCc1ccc(NC(=O)Cn2cc(S(=O)(=O)c3ccccc3)c3ccccc32)cc1. The quantitative estimate of drug-likeness (QED) is 0.391. The van der Waals surface area contributed by atoms with Gasteiger partial charge in [-0.3, -0.25) is 4.79 Å². The molecule has 0 saturated heterocycles. The first-order chi connectivity index (χ1) is 15.5. The molecule has 4 rings (SSSR count). The monoisotopic (exact) mass is 446 g/mol. The Morgan fingerprint density at radius 3 is 2.31 bits per heavy atom. The van der Waals surface area contributed by atoms with Crippen molar-refractivity contribution in [2.75, 3.05) is 5.32 Å². The van der Waals surface area contributed by atoms with Crippen LogP contribution in [-0.2, 0) is 27.6 Å². The summed E-state index contributed by atoms with van der Waals surface area (Å²) in [5.74, 6) is -0.212. The van der Waals surface area contributed by atoms with Gasteiger partial charge in [0.05, 0.1) is 9.79 Å². The lowest BCUT2D eigenvalue weighted by atomic mass is 10.1. The molecule has 0 saturated carbocycles. The van der Waals surface area contributed by atoms with Crippen molar-refractivity contribution in [2.45, 2.75) is 42.5 Å². The number of hydrogen-bond donors (Lipinski definition) is 1.